The van der Waals surface area contributed by atoms with Gasteiger partial charge in [-0.05, 0) is 180 Å². The van der Waals surface area contributed by atoms with Crippen LogP contribution in [0, 0.1) is 55.5 Å². The lowest BCUT2D eigenvalue weighted by molar-refractivity contribution is -0.384. The van der Waals surface area contributed by atoms with Crippen molar-refractivity contribution in [2.24, 2.45) is 21.7 Å². The molecule has 486 valence electrons. The molecule has 6 heterocycles. The monoisotopic (exact) mass is 1270 g/mol. The van der Waals surface area contributed by atoms with Gasteiger partial charge in [0.05, 0.1) is 87.3 Å². The number of benzene rings is 6. The van der Waals surface area contributed by atoms with Crippen LogP contribution in [0.4, 0.5) is 5.69 Å². The molecule has 10 aromatic rings. The van der Waals surface area contributed by atoms with Crippen LogP contribution < -0.4 is 18.9 Å². The molecule has 0 spiro atoms. The van der Waals surface area contributed by atoms with Crippen LogP contribution >= 0.6 is 0 Å². The number of rotatable bonds is 16. The number of nitrogens with zero attached hydrogens (tertiary/aromatic N) is 4. The zero-order chi connectivity index (χ0) is 67.5. The molecule has 0 radical (unpaired) electrons. The molecule has 4 aromatic heterocycles. The standard InChI is InChI=1S/C84H84N6O6/c1-81(2,3)41-45-93-61-49-57(50-62(53-61)94-46-42-82(4,5)6)79-73-37-33-69(85-73)67(31-25-55-21-27-59(28-22-55)89-77-19-15-13-17-65(77)66-18-14-16-20-78(66)89)70-34-38-74(86-70)80(58-51-63(95-47-43-83(7,8)9)54-64(52-58)96-48-44-84(10,11)12)76-40-36-72(88-76)68(71-35-39-75(79)87-71)32-26-56-23-29-60(30-24-56)90(91)92/h13-24,27-30,33-40,49-54,85,88H,41-48H2,1-12H3. The van der Waals surface area contributed by atoms with Gasteiger partial charge in [0.25, 0.3) is 5.69 Å². The highest BCUT2D eigenvalue weighted by Crippen LogP contribution is 2.41. The third kappa shape index (κ3) is 15.8. The smallest absolute Gasteiger partial charge is 0.269 e. The van der Waals surface area contributed by atoms with Crippen molar-refractivity contribution in [3.8, 4) is 74.6 Å². The Hall–Kier alpha value is -10.6. The van der Waals surface area contributed by atoms with Crippen molar-refractivity contribution in [3.05, 3.63) is 213 Å². The zero-order valence-electron chi connectivity index (χ0n) is 57.2. The molecule has 2 aliphatic heterocycles. The minimum absolute atomic E-state index is 0.0200. The average molecular weight is 1270 g/mol. The lowest BCUT2D eigenvalue weighted by Crippen LogP contribution is -2.12. The lowest BCUT2D eigenvalue weighted by atomic mass is 9.93. The Kier molecular flexibility index (Phi) is 18.5. The molecule has 0 amide bonds. The number of H-pyrrole nitrogens is 2. The molecule has 0 saturated carbocycles. The van der Waals surface area contributed by atoms with Gasteiger partial charge in [0, 0.05) is 74.0 Å². The number of ether oxygens (including phenoxy) is 4. The van der Waals surface area contributed by atoms with Crippen molar-refractivity contribution in [2.45, 2.75) is 109 Å². The molecule has 0 fully saturated rings. The number of para-hydroxylation sites is 2. The first kappa shape index (κ1) is 65.5. The Labute approximate surface area is 563 Å². The molecular formula is C84H84N6O6. The average Bonchev–Trinajstić information content (AvgIpc) is 1.60. The quantitative estimate of drug-likeness (QED) is 0.0553. The number of aromatic nitrogens is 5. The molecule has 96 heavy (non-hydrogen) atoms. The summed E-state index contributed by atoms with van der Waals surface area (Å²) in [5, 5.41) is 14.2. The predicted octanol–water partition coefficient (Wildman–Crippen LogP) is 21.1. The van der Waals surface area contributed by atoms with Crippen LogP contribution in [-0.2, 0) is 0 Å². The van der Waals surface area contributed by atoms with Gasteiger partial charge < -0.3 is 33.5 Å². The van der Waals surface area contributed by atoms with E-state index in [1.54, 1.807) is 12.1 Å². The molecule has 0 saturated heterocycles. The van der Waals surface area contributed by atoms with Crippen molar-refractivity contribution in [2.75, 3.05) is 26.4 Å². The van der Waals surface area contributed by atoms with Gasteiger partial charge in [-0.15, -0.1) is 0 Å². The minimum Gasteiger partial charge on any atom is -0.493 e. The van der Waals surface area contributed by atoms with E-state index in [2.05, 4.69) is 243 Å². The summed E-state index contributed by atoms with van der Waals surface area (Å²) in [5.41, 5.74) is 15.0. The zero-order valence-corrected chi connectivity index (χ0v) is 57.2. The van der Waals surface area contributed by atoms with E-state index < -0.39 is 4.92 Å². The first-order valence-corrected chi connectivity index (χ1v) is 33.2. The second kappa shape index (κ2) is 27.0. The summed E-state index contributed by atoms with van der Waals surface area (Å²) in [4.78, 5) is 30.2. The largest absolute Gasteiger partial charge is 0.493 e. The van der Waals surface area contributed by atoms with Crippen molar-refractivity contribution >= 4 is 73.9 Å². The molecule has 12 nitrogen and oxygen atoms in total. The van der Waals surface area contributed by atoms with E-state index in [0.717, 1.165) is 86.8 Å². The maximum Gasteiger partial charge on any atom is 0.269 e. The van der Waals surface area contributed by atoms with Gasteiger partial charge in [-0.3, -0.25) is 10.1 Å². The SMILES string of the molecule is CC(C)(C)CCOc1cc(OCCC(C)(C)C)cc(-c2c3nc(c(C#Cc4ccc([N+](=O)[O-])cc4)c4ccc([nH]4)c(-c4cc(OCCC(C)(C)C)cc(OCCC(C)(C)C)c4)c4nc(c(C#Cc5ccc(-n6c7ccccc7c7ccccc76)cc5)c5ccc2[nH]5)C=C4)C=C3)c1. The minimum atomic E-state index is -0.410. The van der Waals surface area contributed by atoms with Crippen LogP contribution in [0.15, 0.2) is 158 Å². The Balaban J connectivity index is 1.12. The fraction of sp³-hybridized carbons (Fsp3) is 0.286. The van der Waals surface area contributed by atoms with E-state index in [-0.39, 0.29) is 27.3 Å². The van der Waals surface area contributed by atoms with Gasteiger partial charge in [-0.25, -0.2) is 9.97 Å². The molecule has 6 aromatic carbocycles. The second-order valence-corrected chi connectivity index (χ2v) is 29.7. The highest BCUT2D eigenvalue weighted by molar-refractivity contribution is 6.09. The Bertz CT molecular complexity index is 4750. The van der Waals surface area contributed by atoms with Gasteiger partial charge in [0.2, 0.25) is 0 Å². The van der Waals surface area contributed by atoms with E-state index in [1.807, 2.05) is 36.4 Å². The normalized spacial score (nSPS) is 12.3. The number of nitro groups is 1. The fourth-order valence-corrected chi connectivity index (χ4v) is 11.6. The molecule has 8 bridgehead atoms. The fourth-order valence-electron chi connectivity index (χ4n) is 11.6. The summed E-state index contributed by atoms with van der Waals surface area (Å²) in [6.45, 7) is 28.6. The van der Waals surface area contributed by atoms with E-state index in [9.17, 15) is 10.1 Å². The Morgan fingerprint density at radius 2 is 0.760 bits per heavy atom. The van der Waals surface area contributed by atoms with Crippen LogP contribution in [-0.4, -0.2) is 55.9 Å². The lowest BCUT2D eigenvalue weighted by Gasteiger charge is -2.20. The first-order chi connectivity index (χ1) is 45.8. The number of non-ortho nitro benzene ring substituents is 1. The van der Waals surface area contributed by atoms with Gasteiger partial charge in [0.15, 0.2) is 0 Å². The molecule has 12 rings (SSSR count). The maximum absolute atomic E-state index is 11.8. The summed E-state index contributed by atoms with van der Waals surface area (Å²) in [6, 6.07) is 52.3. The number of fused-ring (bicyclic) bond motifs is 11. The molecule has 2 aliphatic rings. The number of nitro benzene ring substituents is 1. The molecule has 2 N–H and O–H groups in total. The summed E-state index contributed by atoms with van der Waals surface area (Å²) >= 11 is 0. The predicted molar refractivity (Wildman–Crippen MR) is 394 cm³/mol. The first-order valence-electron chi connectivity index (χ1n) is 33.2. The highest BCUT2D eigenvalue weighted by Gasteiger charge is 2.22. The van der Waals surface area contributed by atoms with E-state index in [1.165, 1.54) is 22.9 Å². The molecule has 0 unspecified atom stereocenters. The number of nitrogens with one attached hydrogen (secondary N) is 2. The van der Waals surface area contributed by atoms with E-state index >= 15 is 0 Å². The Morgan fingerprint density at radius 1 is 0.417 bits per heavy atom. The van der Waals surface area contributed by atoms with Crippen LogP contribution in [0.2, 0.25) is 0 Å². The van der Waals surface area contributed by atoms with Crippen LogP contribution in [0.5, 0.6) is 23.0 Å². The number of hydrogen-bond acceptors (Lipinski definition) is 8. The van der Waals surface area contributed by atoms with Gasteiger partial charge in [-0.2, -0.15) is 0 Å². The van der Waals surface area contributed by atoms with Crippen molar-refractivity contribution < 1.29 is 23.9 Å². The summed E-state index contributed by atoms with van der Waals surface area (Å²) < 4.78 is 28.9. The topological polar surface area (TPSA) is 142 Å². The van der Waals surface area contributed by atoms with Crippen LogP contribution in [0.3, 0.4) is 0 Å². The Morgan fingerprint density at radius 3 is 1.12 bits per heavy atom. The second-order valence-electron chi connectivity index (χ2n) is 29.7. The summed E-state index contributed by atoms with van der Waals surface area (Å²) in [5.74, 6) is 16.8. The number of hydrogen-bond donors (Lipinski definition) is 2. The van der Waals surface area contributed by atoms with Crippen molar-refractivity contribution in [1.82, 2.24) is 24.5 Å². The van der Waals surface area contributed by atoms with Crippen molar-refractivity contribution in [3.63, 3.8) is 0 Å². The number of aromatic amines is 2. The van der Waals surface area contributed by atoms with Gasteiger partial charge in [-0.1, -0.05) is 143 Å². The molecule has 0 atom stereocenters. The third-order valence-corrected chi connectivity index (χ3v) is 17.0. The highest BCUT2D eigenvalue weighted by atomic mass is 16.6. The third-order valence-electron chi connectivity index (χ3n) is 17.0. The van der Waals surface area contributed by atoms with Crippen LogP contribution in [0.1, 0.15) is 154 Å². The van der Waals surface area contributed by atoms with Gasteiger partial charge >= 0.3 is 0 Å². The maximum atomic E-state index is 11.8. The van der Waals surface area contributed by atoms with Crippen molar-refractivity contribution in [1.29, 1.82) is 0 Å². The van der Waals surface area contributed by atoms with E-state index in [0.29, 0.717) is 94.4 Å². The summed E-state index contributed by atoms with van der Waals surface area (Å²) in [7, 11) is 0. The molecule has 0 aliphatic carbocycles. The molecule has 12 heteroatoms. The molecular weight excluding hydrogens is 1190 g/mol. The van der Waals surface area contributed by atoms with Crippen LogP contribution in [0.25, 0.3) is 96.1 Å². The van der Waals surface area contributed by atoms with E-state index in [4.69, 9.17) is 28.9 Å². The van der Waals surface area contributed by atoms with Gasteiger partial charge in [0.1, 0.15) is 23.0 Å². The summed E-state index contributed by atoms with van der Waals surface area (Å²) in [6.07, 6.45) is 11.5.